The highest BCUT2D eigenvalue weighted by atomic mass is 16.1. The summed E-state index contributed by atoms with van der Waals surface area (Å²) in [6.07, 6.45) is 4.98. The average molecular weight is 317 g/mol. The van der Waals surface area contributed by atoms with Gasteiger partial charge in [-0.2, -0.15) is 0 Å². The number of fused-ring (bicyclic) bond motifs is 1. The molecular weight excluding hydrogens is 302 g/mol. The van der Waals surface area contributed by atoms with E-state index < -0.39 is 0 Å². The molecule has 1 N–H and O–H groups in total. The highest BCUT2D eigenvalue weighted by Crippen LogP contribution is 2.15. The predicted molar refractivity (Wildman–Crippen MR) is 91.7 cm³/mol. The van der Waals surface area contributed by atoms with Gasteiger partial charge in [0, 0.05) is 24.5 Å². The van der Waals surface area contributed by atoms with E-state index in [1.165, 1.54) is 5.56 Å². The topological polar surface area (TPSA) is 76.5 Å². The van der Waals surface area contributed by atoms with Crippen LogP contribution in [0.5, 0.6) is 0 Å². The minimum Gasteiger partial charge on any atom is -0.320 e. The molecule has 24 heavy (non-hydrogen) atoms. The Balaban J connectivity index is 1.77. The summed E-state index contributed by atoms with van der Waals surface area (Å²) >= 11 is 0. The maximum atomic E-state index is 12.5. The van der Waals surface area contributed by atoms with E-state index in [1.54, 1.807) is 30.9 Å². The van der Waals surface area contributed by atoms with E-state index in [-0.39, 0.29) is 5.56 Å². The van der Waals surface area contributed by atoms with Crippen LogP contribution in [-0.4, -0.2) is 24.5 Å². The van der Waals surface area contributed by atoms with Gasteiger partial charge in [0.1, 0.15) is 5.82 Å². The lowest BCUT2D eigenvalue weighted by Gasteiger charge is -2.05. The lowest BCUT2D eigenvalue weighted by Crippen LogP contribution is -2.13. The lowest BCUT2D eigenvalue weighted by atomic mass is 10.1. The van der Waals surface area contributed by atoms with Crippen LogP contribution in [0, 0.1) is 6.92 Å². The number of pyridine rings is 1. The number of nitrogens with zero attached hydrogens (tertiary/aromatic N) is 4. The molecule has 0 atom stereocenters. The SMILES string of the molecule is Cc1ccc(Cn2cnc3nc(-c4ccncc4)[nH]c(=O)c32)cc1. The molecule has 4 aromatic rings. The average Bonchev–Trinajstić information content (AvgIpc) is 3.01. The van der Waals surface area contributed by atoms with Crippen molar-refractivity contribution in [1.82, 2.24) is 24.5 Å². The van der Waals surface area contributed by atoms with Crippen LogP contribution in [0.25, 0.3) is 22.6 Å². The molecule has 1 aromatic carbocycles. The van der Waals surface area contributed by atoms with Crippen LogP contribution < -0.4 is 5.56 Å². The monoisotopic (exact) mass is 317 g/mol. The molecule has 3 heterocycles. The number of hydrogen-bond donors (Lipinski definition) is 1. The van der Waals surface area contributed by atoms with Crippen molar-refractivity contribution in [2.24, 2.45) is 0 Å². The molecular formula is C18H15N5O. The largest absolute Gasteiger partial charge is 0.320 e. The van der Waals surface area contributed by atoms with Gasteiger partial charge in [0.05, 0.1) is 6.33 Å². The second-order valence-corrected chi connectivity index (χ2v) is 5.68. The lowest BCUT2D eigenvalue weighted by molar-refractivity contribution is 0.819. The molecule has 3 aromatic heterocycles. The van der Waals surface area contributed by atoms with Crippen molar-refractivity contribution in [2.45, 2.75) is 13.5 Å². The number of H-pyrrole nitrogens is 1. The van der Waals surface area contributed by atoms with Gasteiger partial charge in [0.2, 0.25) is 0 Å². The summed E-state index contributed by atoms with van der Waals surface area (Å²) in [4.78, 5) is 28.1. The maximum absolute atomic E-state index is 12.5. The summed E-state index contributed by atoms with van der Waals surface area (Å²) in [6.45, 7) is 2.63. The molecule has 0 unspecified atom stereocenters. The first-order chi connectivity index (χ1) is 11.7. The third kappa shape index (κ3) is 2.58. The van der Waals surface area contributed by atoms with Crippen LogP contribution in [0.15, 0.2) is 59.9 Å². The molecule has 0 saturated heterocycles. The molecule has 6 heteroatoms. The molecule has 0 radical (unpaired) electrons. The molecule has 4 rings (SSSR count). The molecule has 0 aliphatic heterocycles. The van der Waals surface area contributed by atoms with Gasteiger partial charge in [-0.3, -0.25) is 9.78 Å². The van der Waals surface area contributed by atoms with Crippen LogP contribution in [0.1, 0.15) is 11.1 Å². The highest BCUT2D eigenvalue weighted by Gasteiger charge is 2.11. The number of aryl methyl sites for hydroxylation is 1. The molecule has 0 amide bonds. The van der Waals surface area contributed by atoms with Crippen LogP contribution in [0.2, 0.25) is 0 Å². The van der Waals surface area contributed by atoms with E-state index >= 15 is 0 Å². The van der Waals surface area contributed by atoms with Crippen molar-refractivity contribution in [2.75, 3.05) is 0 Å². The van der Waals surface area contributed by atoms with Crippen molar-refractivity contribution in [3.63, 3.8) is 0 Å². The maximum Gasteiger partial charge on any atom is 0.277 e. The predicted octanol–water partition coefficient (Wildman–Crippen LogP) is 2.54. The molecule has 118 valence electrons. The summed E-state index contributed by atoms with van der Waals surface area (Å²) in [5, 5.41) is 0. The minimum absolute atomic E-state index is 0.198. The zero-order chi connectivity index (χ0) is 16.5. The Morgan fingerprint density at radius 3 is 2.58 bits per heavy atom. The quantitative estimate of drug-likeness (QED) is 0.630. The van der Waals surface area contributed by atoms with Gasteiger partial charge >= 0.3 is 0 Å². The van der Waals surface area contributed by atoms with E-state index in [9.17, 15) is 4.79 Å². The molecule has 6 nitrogen and oxygen atoms in total. The van der Waals surface area contributed by atoms with Crippen LogP contribution >= 0.6 is 0 Å². The van der Waals surface area contributed by atoms with E-state index in [4.69, 9.17) is 0 Å². The molecule has 0 fully saturated rings. The summed E-state index contributed by atoms with van der Waals surface area (Å²) in [5.41, 5.74) is 3.84. The van der Waals surface area contributed by atoms with Crippen LogP contribution in [0.4, 0.5) is 0 Å². The first kappa shape index (κ1) is 14.3. The zero-order valence-corrected chi connectivity index (χ0v) is 13.1. The fourth-order valence-electron chi connectivity index (χ4n) is 2.64. The number of aromatic amines is 1. The third-order valence-electron chi connectivity index (χ3n) is 3.91. The number of rotatable bonds is 3. The van der Waals surface area contributed by atoms with Gasteiger partial charge < -0.3 is 9.55 Å². The van der Waals surface area contributed by atoms with Gasteiger partial charge in [0.25, 0.3) is 5.56 Å². The minimum atomic E-state index is -0.198. The molecule has 0 saturated carbocycles. The third-order valence-corrected chi connectivity index (χ3v) is 3.91. The Morgan fingerprint density at radius 1 is 1.08 bits per heavy atom. The second kappa shape index (κ2) is 5.73. The highest BCUT2D eigenvalue weighted by molar-refractivity contribution is 5.72. The Labute approximate surface area is 137 Å². The Morgan fingerprint density at radius 2 is 1.83 bits per heavy atom. The van der Waals surface area contributed by atoms with Crippen molar-refractivity contribution < 1.29 is 0 Å². The zero-order valence-electron chi connectivity index (χ0n) is 13.1. The van der Waals surface area contributed by atoms with Gasteiger partial charge in [-0.15, -0.1) is 0 Å². The number of nitrogens with one attached hydrogen (secondary N) is 1. The fourth-order valence-corrected chi connectivity index (χ4v) is 2.64. The van der Waals surface area contributed by atoms with Crippen molar-refractivity contribution in [3.8, 4) is 11.4 Å². The van der Waals surface area contributed by atoms with Crippen molar-refractivity contribution in [1.29, 1.82) is 0 Å². The number of benzene rings is 1. The summed E-state index contributed by atoms with van der Waals surface area (Å²) in [6, 6.07) is 11.8. The number of aromatic nitrogens is 5. The van der Waals surface area contributed by atoms with E-state index in [0.29, 0.717) is 23.5 Å². The summed E-state index contributed by atoms with van der Waals surface area (Å²) < 4.78 is 1.82. The second-order valence-electron chi connectivity index (χ2n) is 5.68. The van der Waals surface area contributed by atoms with E-state index in [1.807, 2.05) is 23.6 Å². The van der Waals surface area contributed by atoms with Gasteiger partial charge in [-0.1, -0.05) is 29.8 Å². The van der Waals surface area contributed by atoms with E-state index in [2.05, 4.69) is 32.1 Å². The number of imidazole rings is 1. The Bertz CT molecular complexity index is 1050. The first-order valence-electron chi connectivity index (χ1n) is 7.62. The summed E-state index contributed by atoms with van der Waals surface area (Å²) in [5.74, 6) is 0.496. The van der Waals surface area contributed by atoms with Crippen molar-refractivity contribution in [3.05, 3.63) is 76.6 Å². The molecule has 0 aliphatic rings. The molecule has 0 aliphatic carbocycles. The first-order valence-corrected chi connectivity index (χ1v) is 7.62. The standard InChI is InChI=1S/C18H15N5O/c1-12-2-4-13(5-3-12)10-23-11-20-17-15(23)18(24)22-16(21-17)14-6-8-19-9-7-14/h2-9,11H,10H2,1H3,(H,21,22,24). The molecule has 0 bridgehead atoms. The van der Waals surface area contributed by atoms with E-state index in [0.717, 1.165) is 11.1 Å². The summed E-state index contributed by atoms with van der Waals surface area (Å²) in [7, 11) is 0. The van der Waals surface area contributed by atoms with Gasteiger partial charge in [0.15, 0.2) is 11.2 Å². The van der Waals surface area contributed by atoms with Gasteiger partial charge in [-0.05, 0) is 24.6 Å². The van der Waals surface area contributed by atoms with Crippen LogP contribution in [0.3, 0.4) is 0 Å². The van der Waals surface area contributed by atoms with Gasteiger partial charge in [-0.25, -0.2) is 9.97 Å². The Kier molecular flexibility index (Phi) is 3.42. The van der Waals surface area contributed by atoms with Crippen molar-refractivity contribution >= 4 is 11.2 Å². The molecule has 0 spiro atoms. The van der Waals surface area contributed by atoms with Crippen LogP contribution in [-0.2, 0) is 6.54 Å². The fraction of sp³-hybridized carbons (Fsp3) is 0.111. The smallest absolute Gasteiger partial charge is 0.277 e. The Hall–Kier alpha value is -3.28. The normalized spacial score (nSPS) is 11.0. The number of hydrogen-bond acceptors (Lipinski definition) is 4.